The van der Waals surface area contributed by atoms with Crippen molar-refractivity contribution in [1.82, 2.24) is 0 Å². The van der Waals surface area contributed by atoms with Crippen LogP contribution in [-0.2, 0) is 16.8 Å². The molecule has 1 aliphatic rings. The summed E-state index contributed by atoms with van der Waals surface area (Å²) in [5, 5.41) is 0. The zero-order chi connectivity index (χ0) is 14.3. The zero-order valence-corrected chi connectivity index (χ0v) is 13.3. The van der Waals surface area contributed by atoms with Gasteiger partial charge in [0.15, 0.2) is 0 Å². The van der Waals surface area contributed by atoms with Gasteiger partial charge in [-0.05, 0) is 30.4 Å². The van der Waals surface area contributed by atoms with Crippen LogP contribution in [-0.4, -0.2) is 6.61 Å². The summed E-state index contributed by atoms with van der Waals surface area (Å²) in [5.74, 6) is 0. The van der Waals surface area contributed by atoms with E-state index in [0.29, 0.717) is 0 Å². The van der Waals surface area contributed by atoms with Crippen LogP contribution in [0.4, 0.5) is 0 Å². The lowest BCUT2D eigenvalue weighted by Crippen LogP contribution is -2.35. The summed E-state index contributed by atoms with van der Waals surface area (Å²) in [7, 11) is 0. The second kappa shape index (κ2) is 7.83. The Kier molecular flexibility index (Phi) is 6.09. The summed E-state index contributed by atoms with van der Waals surface area (Å²) in [5.41, 5.74) is 3.01. The van der Waals surface area contributed by atoms with Gasteiger partial charge in [0, 0.05) is 0 Å². The average Bonchev–Trinajstić information content (AvgIpc) is 2.50. The molecule has 1 nitrogen and oxygen atoms in total. The fourth-order valence-electron chi connectivity index (χ4n) is 3.46. The fourth-order valence-corrected chi connectivity index (χ4v) is 3.46. The Hall–Kier alpha value is -0.820. The largest absolute Gasteiger partial charge is 0.370 e. The van der Waals surface area contributed by atoms with Gasteiger partial charge in [-0.1, -0.05) is 76.6 Å². The average molecular weight is 274 g/mol. The molecule has 20 heavy (non-hydrogen) atoms. The number of hydrogen-bond acceptors (Lipinski definition) is 1. The molecule has 0 radical (unpaired) electrons. The third kappa shape index (κ3) is 3.63. The summed E-state index contributed by atoms with van der Waals surface area (Å²) in [6.45, 7) is 5.45. The standard InChI is InChI=1S/C19H30O/c1-3-5-7-10-15-19(14-6-4-2)18-12-9-8-11-17(18)13-16-20-19/h8-9,11-12H,3-7,10,13-16H2,1-2H3. The third-order valence-electron chi connectivity index (χ3n) is 4.63. The number of ether oxygens (including phenoxy) is 1. The Morgan fingerprint density at radius 1 is 0.950 bits per heavy atom. The van der Waals surface area contributed by atoms with E-state index in [2.05, 4.69) is 38.1 Å². The quantitative estimate of drug-likeness (QED) is 0.559. The molecule has 0 aromatic heterocycles. The predicted molar refractivity (Wildman–Crippen MR) is 86.1 cm³/mol. The van der Waals surface area contributed by atoms with E-state index in [9.17, 15) is 0 Å². The summed E-state index contributed by atoms with van der Waals surface area (Å²) in [4.78, 5) is 0. The molecule has 1 aromatic rings. The van der Waals surface area contributed by atoms with Crippen molar-refractivity contribution >= 4 is 0 Å². The van der Waals surface area contributed by atoms with Gasteiger partial charge in [0.25, 0.3) is 0 Å². The van der Waals surface area contributed by atoms with Crippen molar-refractivity contribution in [3.63, 3.8) is 0 Å². The monoisotopic (exact) mass is 274 g/mol. The molecule has 0 saturated heterocycles. The van der Waals surface area contributed by atoms with E-state index in [0.717, 1.165) is 13.0 Å². The predicted octanol–water partition coefficient (Wildman–Crippen LogP) is 5.62. The van der Waals surface area contributed by atoms with Crippen LogP contribution >= 0.6 is 0 Å². The van der Waals surface area contributed by atoms with Gasteiger partial charge in [-0.25, -0.2) is 0 Å². The van der Waals surface area contributed by atoms with Crippen LogP contribution < -0.4 is 0 Å². The molecular formula is C19H30O. The third-order valence-corrected chi connectivity index (χ3v) is 4.63. The van der Waals surface area contributed by atoms with E-state index in [1.54, 1.807) is 0 Å². The van der Waals surface area contributed by atoms with E-state index in [1.807, 2.05) is 0 Å². The Morgan fingerprint density at radius 3 is 2.50 bits per heavy atom. The van der Waals surface area contributed by atoms with Crippen LogP contribution in [0.1, 0.15) is 76.3 Å². The van der Waals surface area contributed by atoms with Gasteiger partial charge in [-0.15, -0.1) is 0 Å². The van der Waals surface area contributed by atoms with Crippen LogP contribution in [0, 0.1) is 0 Å². The fraction of sp³-hybridized carbons (Fsp3) is 0.684. The minimum atomic E-state index is 0.0125. The lowest BCUT2D eigenvalue weighted by Gasteiger charge is -2.40. The molecule has 2 rings (SSSR count). The highest BCUT2D eigenvalue weighted by Gasteiger charge is 2.36. The molecule has 0 fully saturated rings. The number of fused-ring (bicyclic) bond motifs is 1. The van der Waals surface area contributed by atoms with Crippen molar-refractivity contribution in [1.29, 1.82) is 0 Å². The summed E-state index contributed by atoms with van der Waals surface area (Å²) >= 11 is 0. The molecule has 112 valence electrons. The molecule has 0 aliphatic carbocycles. The van der Waals surface area contributed by atoms with Crippen molar-refractivity contribution < 1.29 is 4.74 Å². The molecule has 0 N–H and O–H groups in total. The van der Waals surface area contributed by atoms with Gasteiger partial charge >= 0.3 is 0 Å². The maximum atomic E-state index is 6.37. The lowest BCUT2D eigenvalue weighted by molar-refractivity contribution is -0.0754. The number of hydrogen-bond donors (Lipinski definition) is 0. The van der Waals surface area contributed by atoms with E-state index >= 15 is 0 Å². The van der Waals surface area contributed by atoms with E-state index in [-0.39, 0.29) is 5.60 Å². The van der Waals surface area contributed by atoms with Crippen LogP contribution in [0.15, 0.2) is 24.3 Å². The smallest absolute Gasteiger partial charge is 0.0934 e. The second-order valence-corrected chi connectivity index (χ2v) is 6.16. The molecule has 0 bridgehead atoms. The van der Waals surface area contributed by atoms with E-state index < -0.39 is 0 Å². The molecular weight excluding hydrogens is 244 g/mol. The molecule has 0 spiro atoms. The first-order valence-electron chi connectivity index (χ1n) is 8.55. The minimum absolute atomic E-state index is 0.0125. The highest BCUT2D eigenvalue weighted by molar-refractivity contribution is 5.34. The van der Waals surface area contributed by atoms with Gasteiger partial charge in [0.05, 0.1) is 12.2 Å². The van der Waals surface area contributed by atoms with Crippen molar-refractivity contribution in [3.05, 3.63) is 35.4 Å². The molecule has 1 heteroatoms. The maximum absolute atomic E-state index is 6.37. The van der Waals surface area contributed by atoms with E-state index in [4.69, 9.17) is 4.74 Å². The molecule has 1 aromatic carbocycles. The first-order valence-corrected chi connectivity index (χ1v) is 8.55. The molecule has 1 unspecified atom stereocenters. The number of rotatable bonds is 8. The highest BCUT2D eigenvalue weighted by Crippen LogP contribution is 2.41. The molecule has 0 saturated carbocycles. The summed E-state index contributed by atoms with van der Waals surface area (Å²) < 4.78 is 6.37. The van der Waals surface area contributed by atoms with Crippen LogP contribution in [0.2, 0.25) is 0 Å². The molecule has 1 aliphatic heterocycles. The summed E-state index contributed by atoms with van der Waals surface area (Å²) in [6, 6.07) is 8.96. The Morgan fingerprint density at radius 2 is 1.70 bits per heavy atom. The van der Waals surface area contributed by atoms with Crippen LogP contribution in [0.25, 0.3) is 0 Å². The number of unbranched alkanes of at least 4 members (excludes halogenated alkanes) is 4. The molecule has 0 amide bonds. The van der Waals surface area contributed by atoms with Gasteiger partial charge in [-0.2, -0.15) is 0 Å². The van der Waals surface area contributed by atoms with Crippen molar-refractivity contribution in [2.75, 3.05) is 6.61 Å². The first kappa shape index (κ1) is 15.6. The normalized spacial score (nSPS) is 21.7. The Bertz CT molecular complexity index is 399. The van der Waals surface area contributed by atoms with Gasteiger partial charge in [-0.3, -0.25) is 0 Å². The van der Waals surface area contributed by atoms with Crippen molar-refractivity contribution in [2.45, 2.75) is 77.2 Å². The Balaban J connectivity index is 2.14. The zero-order valence-electron chi connectivity index (χ0n) is 13.3. The van der Waals surface area contributed by atoms with Gasteiger partial charge < -0.3 is 4.74 Å². The van der Waals surface area contributed by atoms with Crippen molar-refractivity contribution in [3.8, 4) is 0 Å². The maximum Gasteiger partial charge on any atom is 0.0934 e. The lowest BCUT2D eigenvalue weighted by atomic mass is 9.79. The Labute approximate surface area is 124 Å². The minimum Gasteiger partial charge on any atom is -0.370 e. The second-order valence-electron chi connectivity index (χ2n) is 6.16. The topological polar surface area (TPSA) is 9.23 Å². The summed E-state index contributed by atoms with van der Waals surface area (Å²) in [6.07, 6.45) is 11.3. The SMILES string of the molecule is CCCCCCC1(CCCC)OCCc2ccccc21. The first-order chi connectivity index (χ1) is 9.82. The van der Waals surface area contributed by atoms with Gasteiger partial charge in [0.1, 0.15) is 0 Å². The van der Waals surface area contributed by atoms with Crippen molar-refractivity contribution in [2.24, 2.45) is 0 Å². The highest BCUT2D eigenvalue weighted by atomic mass is 16.5. The number of benzene rings is 1. The van der Waals surface area contributed by atoms with Crippen LogP contribution in [0.3, 0.4) is 0 Å². The molecule has 1 heterocycles. The van der Waals surface area contributed by atoms with Crippen LogP contribution in [0.5, 0.6) is 0 Å². The van der Waals surface area contributed by atoms with E-state index in [1.165, 1.54) is 62.5 Å². The molecule has 1 atom stereocenters. The van der Waals surface area contributed by atoms with Gasteiger partial charge in [0.2, 0.25) is 0 Å².